The second-order valence-corrected chi connectivity index (χ2v) is 9.14. The van der Waals surface area contributed by atoms with Crippen LogP contribution in [0.1, 0.15) is 30.0 Å². The minimum absolute atomic E-state index is 0.0321. The number of likely N-dealkylation sites (N-methyl/N-ethyl adjacent to an activating group) is 1. The first-order valence-electron chi connectivity index (χ1n) is 8.99. The van der Waals surface area contributed by atoms with Gasteiger partial charge in [0.05, 0.1) is 11.5 Å². The lowest BCUT2D eigenvalue weighted by Crippen LogP contribution is -2.43. The first-order chi connectivity index (χ1) is 12.6. The molecule has 0 aromatic heterocycles. The maximum absolute atomic E-state index is 12.3. The molecule has 1 aliphatic heterocycles. The molecule has 0 N–H and O–H groups in total. The van der Waals surface area contributed by atoms with Crippen molar-refractivity contribution in [1.29, 1.82) is 0 Å². The molecule has 0 aliphatic carbocycles. The fourth-order valence-corrected chi connectivity index (χ4v) is 5.18. The number of rotatable bonds is 7. The molecule has 1 aromatic rings. The highest BCUT2D eigenvalue weighted by atomic mass is 32.2. The zero-order chi connectivity index (χ0) is 20.2. The Bertz CT molecular complexity index is 794. The van der Waals surface area contributed by atoms with E-state index < -0.39 is 28.3 Å². The van der Waals surface area contributed by atoms with E-state index in [0.29, 0.717) is 18.7 Å². The van der Waals surface area contributed by atoms with E-state index in [-0.39, 0.29) is 24.2 Å². The maximum atomic E-state index is 12.3. The molecule has 0 radical (unpaired) electrons. The number of carbonyl (C=O) groups is 2. The number of sulfone groups is 1. The van der Waals surface area contributed by atoms with E-state index in [1.807, 2.05) is 32.9 Å². The number of benzene rings is 1. The van der Waals surface area contributed by atoms with Crippen LogP contribution in [-0.4, -0.2) is 62.5 Å². The average Bonchev–Trinajstić information content (AvgIpc) is 2.92. The Labute approximate surface area is 160 Å². The van der Waals surface area contributed by atoms with Gasteiger partial charge in [0.2, 0.25) is 0 Å². The largest absolute Gasteiger partial charge is 0.481 e. The van der Waals surface area contributed by atoms with Crippen LogP contribution in [0.4, 0.5) is 0 Å². The van der Waals surface area contributed by atoms with Crippen molar-refractivity contribution in [3.8, 4) is 5.75 Å². The molecule has 7 nitrogen and oxygen atoms in total. The zero-order valence-corrected chi connectivity index (χ0v) is 17.1. The first kappa shape index (κ1) is 21.2. The third-order valence-corrected chi connectivity index (χ3v) is 6.36. The molecule has 0 spiro atoms. The summed E-state index contributed by atoms with van der Waals surface area (Å²) in [6, 6.07) is 3.58. The summed E-state index contributed by atoms with van der Waals surface area (Å²) in [7, 11) is -3.09. The summed E-state index contributed by atoms with van der Waals surface area (Å²) in [6.45, 7) is 7.22. The lowest BCUT2D eigenvalue weighted by atomic mass is 10.1. The number of carbonyl (C=O) groups excluding carboxylic acids is 2. The second-order valence-electron chi connectivity index (χ2n) is 6.91. The van der Waals surface area contributed by atoms with E-state index in [0.717, 1.165) is 16.7 Å². The molecule has 1 aromatic carbocycles. The van der Waals surface area contributed by atoms with E-state index in [1.54, 1.807) is 6.92 Å². The molecule has 1 heterocycles. The van der Waals surface area contributed by atoms with Crippen LogP contribution < -0.4 is 4.74 Å². The number of aryl methyl sites for hydroxylation is 3. The fourth-order valence-electron chi connectivity index (χ4n) is 3.45. The van der Waals surface area contributed by atoms with E-state index in [4.69, 9.17) is 9.47 Å². The Hall–Kier alpha value is -2.09. The Morgan fingerprint density at radius 3 is 2.30 bits per heavy atom. The summed E-state index contributed by atoms with van der Waals surface area (Å²) in [5.41, 5.74) is 2.96. The van der Waals surface area contributed by atoms with Crippen LogP contribution in [-0.2, 0) is 24.2 Å². The predicted octanol–water partition coefficient (Wildman–Crippen LogP) is 1.57. The van der Waals surface area contributed by atoms with Gasteiger partial charge in [-0.1, -0.05) is 17.7 Å². The van der Waals surface area contributed by atoms with Crippen molar-refractivity contribution in [2.75, 3.05) is 31.3 Å². The van der Waals surface area contributed by atoms with Gasteiger partial charge in [-0.05, 0) is 45.2 Å². The predicted molar refractivity (Wildman–Crippen MR) is 102 cm³/mol. The number of amides is 1. The Balaban J connectivity index is 1.85. The molecule has 8 heteroatoms. The SMILES string of the molecule is CCN(C(=O)COC(=O)COc1c(C)cc(C)cc1C)[C@@H]1CCS(=O)(=O)C1. The van der Waals surface area contributed by atoms with Crippen molar-refractivity contribution in [3.63, 3.8) is 0 Å². The normalized spacial score (nSPS) is 18.1. The third kappa shape index (κ3) is 5.69. The summed E-state index contributed by atoms with van der Waals surface area (Å²) < 4.78 is 33.8. The van der Waals surface area contributed by atoms with Crippen molar-refractivity contribution in [3.05, 3.63) is 28.8 Å². The fraction of sp³-hybridized carbons (Fsp3) is 0.579. The average molecular weight is 397 g/mol. The molecule has 1 atom stereocenters. The Kier molecular flexibility index (Phi) is 6.86. The number of esters is 1. The maximum Gasteiger partial charge on any atom is 0.344 e. The summed E-state index contributed by atoms with van der Waals surface area (Å²) in [6.07, 6.45) is 0.422. The Morgan fingerprint density at radius 2 is 1.78 bits per heavy atom. The third-order valence-electron chi connectivity index (χ3n) is 4.61. The molecule has 0 bridgehead atoms. The van der Waals surface area contributed by atoms with Crippen molar-refractivity contribution >= 4 is 21.7 Å². The minimum atomic E-state index is -3.09. The summed E-state index contributed by atoms with van der Waals surface area (Å²) in [4.78, 5) is 25.7. The van der Waals surface area contributed by atoms with E-state index >= 15 is 0 Å². The molecule has 1 saturated heterocycles. The highest BCUT2D eigenvalue weighted by molar-refractivity contribution is 7.91. The number of ether oxygens (including phenoxy) is 2. The standard InChI is InChI=1S/C19H27NO6S/c1-5-20(16-6-7-27(23,24)12-16)17(21)10-25-18(22)11-26-19-14(3)8-13(2)9-15(19)4/h8-9,16H,5-7,10-12H2,1-4H3/t16-/m1/s1. The lowest BCUT2D eigenvalue weighted by Gasteiger charge is -2.26. The molecule has 0 unspecified atom stereocenters. The van der Waals surface area contributed by atoms with Gasteiger partial charge in [-0.3, -0.25) is 4.79 Å². The highest BCUT2D eigenvalue weighted by Gasteiger charge is 2.34. The number of nitrogens with zero attached hydrogens (tertiary/aromatic N) is 1. The van der Waals surface area contributed by atoms with Gasteiger partial charge in [0.1, 0.15) is 5.75 Å². The molecule has 2 rings (SSSR count). The van der Waals surface area contributed by atoms with Gasteiger partial charge in [-0.15, -0.1) is 0 Å². The first-order valence-corrected chi connectivity index (χ1v) is 10.8. The van der Waals surface area contributed by atoms with Gasteiger partial charge in [-0.2, -0.15) is 0 Å². The van der Waals surface area contributed by atoms with Crippen LogP contribution in [0.3, 0.4) is 0 Å². The topological polar surface area (TPSA) is 90.0 Å². The van der Waals surface area contributed by atoms with Gasteiger partial charge in [0, 0.05) is 12.6 Å². The number of hydrogen-bond donors (Lipinski definition) is 0. The van der Waals surface area contributed by atoms with Gasteiger partial charge >= 0.3 is 5.97 Å². The molecule has 1 fully saturated rings. The van der Waals surface area contributed by atoms with Crippen LogP contribution in [0.5, 0.6) is 5.75 Å². The molecule has 0 saturated carbocycles. The van der Waals surface area contributed by atoms with Crippen LogP contribution in [0, 0.1) is 20.8 Å². The lowest BCUT2D eigenvalue weighted by molar-refractivity contribution is -0.154. The van der Waals surface area contributed by atoms with Gasteiger partial charge in [-0.25, -0.2) is 13.2 Å². The van der Waals surface area contributed by atoms with Gasteiger partial charge in [0.25, 0.3) is 5.91 Å². The molecular formula is C19H27NO6S. The van der Waals surface area contributed by atoms with Crippen LogP contribution >= 0.6 is 0 Å². The molecule has 1 amide bonds. The van der Waals surface area contributed by atoms with Crippen molar-refractivity contribution in [2.45, 2.75) is 40.2 Å². The van der Waals surface area contributed by atoms with E-state index in [1.165, 1.54) is 4.90 Å². The zero-order valence-electron chi connectivity index (χ0n) is 16.3. The quantitative estimate of drug-likeness (QED) is 0.649. The van der Waals surface area contributed by atoms with Crippen molar-refractivity contribution in [2.24, 2.45) is 0 Å². The van der Waals surface area contributed by atoms with Gasteiger partial charge < -0.3 is 14.4 Å². The molecule has 1 aliphatic rings. The van der Waals surface area contributed by atoms with E-state index in [2.05, 4.69) is 0 Å². The second kappa shape index (κ2) is 8.73. The van der Waals surface area contributed by atoms with Gasteiger partial charge in [0.15, 0.2) is 23.1 Å². The van der Waals surface area contributed by atoms with Crippen molar-refractivity contribution < 1.29 is 27.5 Å². The highest BCUT2D eigenvalue weighted by Crippen LogP contribution is 2.24. The number of hydrogen-bond acceptors (Lipinski definition) is 6. The van der Waals surface area contributed by atoms with Crippen LogP contribution in [0.2, 0.25) is 0 Å². The monoisotopic (exact) mass is 397 g/mol. The molecule has 27 heavy (non-hydrogen) atoms. The summed E-state index contributed by atoms with van der Waals surface area (Å²) >= 11 is 0. The van der Waals surface area contributed by atoms with Crippen LogP contribution in [0.15, 0.2) is 12.1 Å². The van der Waals surface area contributed by atoms with Crippen molar-refractivity contribution in [1.82, 2.24) is 4.90 Å². The van der Waals surface area contributed by atoms with E-state index in [9.17, 15) is 18.0 Å². The minimum Gasteiger partial charge on any atom is -0.481 e. The van der Waals surface area contributed by atoms with Crippen LogP contribution in [0.25, 0.3) is 0 Å². The summed E-state index contributed by atoms with van der Waals surface area (Å²) in [5.74, 6) is -0.344. The summed E-state index contributed by atoms with van der Waals surface area (Å²) in [5, 5.41) is 0. The smallest absolute Gasteiger partial charge is 0.344 e. The molecule has 150 valence electrons. The Morgan fingerprint density at radius 1 is 1.15 bits per heavy atom. The molecular weight excluding hydrogens is 370 g/mol.